The third kappa shape index (κ3) is 3.41. The number of nitrogens with one attached hydrogen (secondary N) is 1. The van der Waals surface area contributed by atoms with Crippen LogP contribution in [0.25, 0.3) is 0 Å². The van der Waals surface area contributed by atoms with Crippen molar-refractivity contribution < 1.29 is 14.7 Å². The van der Waals surface area contributed by atoms with E-state index >= 15 is 0 Å². The predicted molar refractivity (Wildman–Crippen MR) is 59.9 cm³/mol. The zero-order valence-corrected chi connectivity index (χ0v) is 9.84. The molecular weight excluding hydrogens is 214 g/mol. The van der Waals surface area contributed by atoms with E-state index in [1.54, 1.807) is 0 Å². The number of carboxylic acid groups (broad SMARTS) is 1. The van der Waals surface area contributed by atoms with Crippen LogP contribution in [0.1, 0.15) is 26.2 Å². The summed E-state index contributed by atoms with van der Waals surface area (Å²) in [6, 6.07) is 0.0493. The SMILES string of the molecule is CSC(C)C(=O)N[C@H]1CC[C@@H](C(=O)O)C1. The Morgan fingerprint density at radius 1 is 1.47 bits per heavy atom. The first-order chi connectivity index (χ1) is 7.04. The van der Waals surface area contributed by atoms with E-state index in [9.17, 15) is 9.59 Å². The van der Waals surface area contributed by atoms with Crippen LogP contribution in [0.2, 0.25) is 0 Å². The minimum absolute atomic E-state index is 0.0125. The molecule has 3 atom stereocenters. The van der Waals surface area contributed by atoms with Gasteiger partial charge in [0, 0.05) is 6.04 Å². The van der Waals surface area contributed by atoms with E-state index in [0.29, 0.717) is 12.8 Å². The van der Waals surface area contributed by atoms with E-state index in [0.717, 1.165) is 6.42 Å². The van der Waals surface area contributed by atoms with Crippen LogP contribution in [0.15, 0.2) is 0 Å². The average molecular weight is 231 g/mol. The zero-order chi connectivity index (χ0) is 11.4. The summed E-state index contributed by atoms with van der Waals surface area (Å²) in [6.07, 6.45) is 3.92. The Kier molecular flexibility index (Phi) is 4.45. The fourth-order valence-electron chi connectivity index (χ4n) is 1.76. The Bertz CT molecular complexity index is 257. The third-order valence-electron chi connectivity index (χ3n) is 2.85. The maximum Gasteiger partial charge on any atom is 0.306 e. The van der Waals surface area contributed by atoms with Crippen molar-refractivity contribution in [3.63, 3.8) is 0 Å². The fourth-order valence-corrected chi connectivity index (χ4v) is 2.04. The monoisotopic (exact) mass is 231 g/mol. The molecule has 1 amide bonds. The summed E-state index contributed by atoms with van der Waals surface area (Å²) >= 11 is 1.49. The van der Waals surface area contributed by atoms with E-state index < -0.39 is 5.97 Å². The second-order valence-electron chi connectivity index (χ2n) is 3.93. The van der Waals surface area contributed by atoms with Crippen LogP contribution < -0.4 is 5.32 Å². The first-order valence-corrected chi connectivity index (χ1v) is 6.39. The summed E-state index contributed by atoms with van der Waals surface area (Å²) in [5, 5.41) is 11.6. The Morgan fingerprint density at radius 3 is 2.60 bits per heavy atom. The molecule has 1 rings (SSSR count). The van der Waals surface area contributed by atoms with Crippen LogP contribution in [-0.4, -0.2) is 34.5 Å². The molecule has 5 heteroatoms. The first kappa shape index (κ1) is 12.4. The lowest BCUT2D eigenvalue weighted by atomic mass is 10.1. The molecule has 2 N–H and O–H groups in total. The Balaban J connectivity index is 2.36. The molecule has 0 bridgehead atoms. The molecule has 0 aliphatic heterocycles. The van der Waals surface area contributed by atoms with Gasteiger partial charge >= 0.3 is 5.97 Å². The van der Waals surface area contributed by atoms with Gasteiger partial charge in [0.05, 0.1) is 11.2 Å². The highest BCUT2D eigenvalue weighted by molar-refractivity contribution is 7.99. The number of thioether (sulfide) groups is 1. The number of rotatable bonds is 4. The van der Waals surface area contributed by atoms with E-state index in [4.69, 9.17) is 5.11 Å². The molecule has 1 aliphatic carbocycles. The minimum Gasteiger partial charge on any atom is -0.481 e. The van der Waals surface area contributed by atoms with Crippen molar-refractivity contribution in [1.82, 2.24) is 5.32 Å². The summed E-state index contributed by atoms with van der Waals surface area (Å²) in [5.41, 5.74) is 0. The smallest absolute Gasteiger partial charge is 0.306 e. The largest absolute Gasteiger partial charge is 0.481 e. The molecule has 1 aliphatic rings. The lowest BCUT2D eigenvalue weighted by Crippen LogP contribution is -2.38. The van der Waals surface area contributed by atoms with Gasteiger partial charge in [0.1, 0.15) is 0 Å². The van der Waals surface area contributed by atoms with Gasteiger partial charge < -0.3 is 10.4 Å². The van der Waals surface area contributed by atoms with Gasteiger partial charge in [0.2, 0.25) is 5.91 Å². The van der Waals surface area contributed by atoms with Crippen LogP contribution in [0.3, 0.4) is 0 Å². The Morgan fingerprint density at radius 2 is 2.13 bits per heavy atom. The van der Waals surface area contributed by atoms with Crippen molar-refractivity contribution in [2.75, 3.05) is 6.26 Å². The van der Waals surface area contributed by atoms with E-state index in [1.807, 2.05) is 13.2 Å². The van der Waals surface area contributed by atoms with Crippen molar-refractivity contribution in [3.8, 4) is 0 Å². The van der Waals surface area contributed by atoms with Crippen molar-refractivity contribution in [2.45, 2.75) is 37.5 Å². The molecule has 0 radical (unpaired) electrons. The maximum atomic E-state index is 11.5. The fraction of sp³-hybridized carbons (Fsp3) is 0.800. The van der Waals surface area contributed by atoms with Gasteiger partial charge in [-0.3, -0.25) is 9.59 Å². The summed E-state index contributed by atoms with van der Waals surface area (Å²) in [7, 11) is 0. The summed E-state index contributed by atoms with van der Waals surface area (Å²) < 4.78 is 0. The molecular formula is C10H17NO3S. The number of carboxylic acids is 1. The molecule has 0 saturated heterocycles. The maximum absolute atomic E-state index is 11.5. The molecule has 1 unspecified atom stereocenters. The molecule has 0 aromatic heterocycles. The highest BCUT2D eigenvalue weighted by Gasteiger charge is 2.31. The van der Waals surface area contributed by atoms with Gasteiger partial charge in [-0.15, -0.1) is 0 Å². The van der Waals surface area contributed by atoms with Crippen LogP contribution in [-0.2, 0) is 9.59 Å². The molecule has 15 heavy (non-hydrogen) atoms. The van der Waals surface area contributed by atoms with Crippen molar-refractivity contribution in [3.05, 3.63) is 0 Å². The van der Waals surface area contributed by atoms with Crippen molar-refractivity contribution in [1.29, 1.82) is 0 Å². The molecule has 0 aromatic rings. The second-order valence-corrected chi connectivity index (χ2v) is 5.11. The quantitative estimate of drug-likeness (QED) is 0.760. The Hall–Kier alpha value is -0.710. The lowest BCUT2D eigenvalue weighted by Gasteiger charge is -2.15. The predicted octanol–water partition coefficient (Wildman–Crippen LogP) is 1.11. The standard InChI is InChI=1S/C10H17NO3S/c1-6(15-2)9(12)11-8-4-3-7(5-8)10(13)14/h6-8H,3-5H2,1-2H3,(H,11,12)(H,13,14)/t6?,7-,8+/m1/s1. The van der Waals surface area contributed by atoms with Gasteiger partial charge in [-0.2, -0.15) is 11.8 Å². The number of carbonyl (C=O) groups is 2. The van der Waals surface area contributed by atoms with Crippen LogP contribution >= 0.6 is 11.8 Å². The molecule has 1 saturated carbocycles. The summed E-state index contributed by atoms with van der Waals surface area (Å²) in [6.45, 7) is 1.85. The molecule has 86 valence electrons. The lowest BCUT2D eigenvalue weighted by molar-refractivity contribution is -0.141. The molecule has 1 fully saturated rings. The van der Waals surface area contributed by atoms with Gasteiger partial charge in [-0.05, 0) is 32.4 Å². The number of carbonyl (C=O) groups excluding carboxylic acids is 1. The van der Waals surface area contributed by atoms with Gasteiger partial charge in [0.25, 0.3) is 0 Å². The first-order valence-electron chi connectivity index (χ1n) is 5.10. The van der Waals surface area contributed by atoms with Gasteiger partial charge in [-0.1, -0.05) is 0 Å². The Labute approximate surface area is 93.8 Å². The summed E-state index contributed by atoms with van der Waals surface area (Å²) in [4.78, 5) is 22.2. The molecule has 4 nitrogen and oxygen atoms in total. The number of amides is 1. The number of aliphatic carboxylic acids is 1. The second kappa shape index (κ2) is 5.39. The highest BCUT2D eigenvalue weighted by Crippen LogP contribution is 2.25. The van der Waals surface area contributed by atoms with Crippen molar-refractivity contribution in [2.24, 2.45) is 5.92 Å². The molecule has 0 heterocycles. The van der Waals surface area contributed by atoms with Gasteiger partial charge in [0.15, 0.2) is 0 Å². The van der Waals surface area contributed by atoms with Crippen LogP contribution in [0.4, 0.5) is 0 Å². The summed E-state index contributed by atoms with van der Waals surface area (Å²) in [5.74, 6) is -1.01. The number of hydrogen-bond donors (Lipinski definition) is 2. The van der Waals surface area contributed by atoms with E-state index in [2.05, 4.69) is 5.32 Å². The zero-order valence-electron chi connectivity index (χ0n) is 9.03. The van der Waals surface area contributed by atoms with Crippen LogP contribution in [0, 0.1) is 5.92 Å². The molecule has 0 aromatic carbocycles. The van der Waals surface area contributed by atoms with Gasteiger partial charge in [-0.25, -0.2) is 0 Å². The third-order valence-corrected chi connectivity index (χ3v) is 3.77. The topological polar surface area (TPSA) is 66.4 Å². The minimum atomic E-state index is -0.746. The molecule has 0 spiro atoms. The highest BCUT2D eigenvalue weighted by atomic mass is 32.2. The van der Waals surface area contributed by atoms with E-state index in [-0.39, 0.29) is 23.1 Å². The van der Waals surface area contributed by atoms with Crippen LogP contribution in [0.5, 0.6) is 0 Å². The average Bonchev–Trinajstić information content (AvgIpc) is 2.65. The normalized spacial score (nSPS) is 27.3. The number of hydrogen-bond acceptors (Lipinski definition) is 3. The van der Waals surface area contributed by atoms with E-state index in [1.165, 1.54) is 11.8 Å². The van der Waals surface area contributed by atoms with Crippen molar-refractivity contribution >= 4 is 23.6 Å².